The first-order chi connectivity index (χ1) is 15.3. The van der Waals surface area contributed by atoms with Gasteiger partial charge >= 0.3 is 0 Å². The summed E-state index contributed by atoms with van der Waals surface area (Å²) in [7, 11) is 0. The van der Waals surface area contributed by atoms with E-state index in [1.165, 1.54) is 0 Å². The van der Waals surface area contributed by atoms with Crippen LogP contribution in [0, 0.1) is 13.8 Å². The van der Waals surface area contributed by atoms with Crippen LogP contribution in [0.4, 0.5) is 0 Å². The summed E-state index contributed by atoms with van der Waals surface area (Å²) in [4.78, 5) is 23.8. The summed E-state index contributed by atoms with van der Waals surface area (Å²) >= 11 is 6.87. The lowest BCUT2D eigenvalue weighted by atomic mass is 10.2. The largest absolute Gasteiger partial charge is 0.483 e. The van der Waals surface area contributed by atoms with Crippen molar-refractivity contribution in [2.45, 2.75) is 39.5 Å². The molecule has 0 aromatic heterocycles. The Kier molecular flexibility index (Phi) is 11.6. The van der Waals surface area contributed by atoms with Gasteiger partial charge in [0.2, 0.25) is 0 Å². The highest BCUT2D eigenvalue weighted by Crippen LogP contribution is 2.26. The summed E-state index contributed by atoms with van der Waals surface area (Å²) in [5, 5.41) is 5.73. The normalized spacial score (nSPS) is 10.5. The molecule has 2 N–H and O–H groups in total. The molecule has 2 aromatic carbocycles. The van der Waals surface area contributed by atoms with Crippen molar-refractivity contribution >= 4 is 43.7 Å². The van der Waals surface area contributed by atoms with Crippen LogP contribution in [0.15, 0.2) is 45.3 Å². The Balaban J connectivity index is 1.46. The Hall–Kier alpha value is -2.06. The van der Waals surface area contributed by atoms with E-state index in [0.717, 1.165) is 45.8 Å². The summed E-state index contributed by atoms with van der Waals surface area (Å²) in [6, 6.07) is 11.5. The molecule has 0 saturated heterocycles. The zero-order valence-corrected chi connectivity index (χ0v) is 21.7. The number of carbonyl (C=O) groups excluding carboxylic acids is 2. The number of halogens is 2. The van der Waals surface area contributed by atoms with E-state index in [1.54, 1.807) is 0 Å². The standard InChI is InChI=1S/C24H30Br2N2O4/c1-17-7-9-21(19(25)13-17)31-15-23(29)27-11-5-3-4-6-12-28-24(30)16-32-22-10-8-18(2)14-20(22)26/h7-10,13-14H,3-6,11-12,15-16H2,1-2H3,(H,27,29)(H,28,30). The number of hydrogen-bond acceptors (Lipinski definition) is 4. The van der Waals surface area contributed by atoms with E-state index in [9.17, 15) is 9.59 Å². The number of nitrogens with one attached hydrogen (secondary N) is 2. The van der Waals surface area contributed by atoms with Crippen molar-refractivity contribution in [2.75, 3.05) is 26.3 Å². The number of carbonyl (C=O) groups is 2. The molecule has 0 bridgehead atoms. The van der Waals surface area contributed by atoms with Crippen molar-refractivity contribution in [1.29, 1.82) is 0 Å². The highest BCUT2D eigenvalue weighted by Gasteiger charge is 2.07. The molecule has 0 aliphatic rings. The SMILES string of the molecule is Cc1ccc(OCC(=O)NCCCCCCNC(=O)COc2ccc(C)cc2Br)c(Br)c1. The summed E-state index contributed by atoms with van der Waals surface area (Å²) < 4.78 is 12.7. The molecule has 0 aliphatic carbocycles. The second-order valence-corrected chi connectivity index (χ2v) is 9.27. The van der Waals surface area contributed by atoms with Gasteiger partial charge in [-0.2, -0.15) is 0 Å². The molecule has 0 heterocycles. The highest BCUT2D eigenvalue weighted by molar-refractivity contribution is 9.10. The highest BCUT2D eigenvalue weighted by atomic mass is 79.9. The Morgan fingerprint density at radius 3 is 1.50 bits per heavy atom. The fourth-order valence-electron chi connectivity index (χ4n) is 2.89. The predicted molar refractivity (Wildman–Crippen MR) is 133 cm³/mol. The molecule has 0 spiro atoms. The summed E-state index contributed by atoms with van der Waals surface area (Å²) in [5.74, 6) is 1.05. The molecular formula is C24H30Br2N2O4. The minimum absolute atomic E-state index is 0.00504. The molecule has 2 rings (SSSR count). The number of ether oxygens (including phenoxy) is 2. The number of amides is 2. The van der Waals surface area contributed by atoms with Gasteiger partial charge in [0.1, 0.15) is 11.5 Å². The fourth-order valence-corrected chi connectivity index (χ4v) is 4.11. The van der Waals surface area contributed by atoms with E-state index < -0.39 is 0 Å². The van der Waals surface area contributed by atoms with E-state index in [2.05, 4.69) is 42.5 Å². The monoisotopic (exact) mass is 568 g/mol. The molecule has 0 fully saturated rings. The van der Waals surface area contributed by atoms with Crippen LogP contribution in [0.1, 0.15) is 36.8 Å². The molecule has 0 radical (unpaired) electrons. The van der Waals surface area contributed by atoms with Crippen LogP contribution in [0.5, 0.6) is 11.5 Å². The van der Waals surface area contributed by atoms with E-state index in [1.807, 2.05) is 50.2 Å². The van der Waals surface area contributed by atoms with Gasteiger partial charge in [0.15, 0.2) is 13.2 Å². The predicted octanol–water partition coefficient (Wildman–Crippen LogP) is 5.08. The first kappa shape index (κ1) is 26.2. The maximum Gasteiger partial charge on any atom is 0.257 e. The van der Waals surface area contributed by atoms with Gasteiger partial charge in [-0.1, -0.05) is 25.0 Å². The lowest BCUT2D eigenvalue weighted by Gasteiger charge is -2.10. The van der Waals surface area contributed by atoms with Crippen LogP contribution in [0.25, 0.3) is 0 Å². The van der Waals surface area contributed by atoms with Crippen molar-refractivity contribution in [1.82, 2.24) is 10.6 Å². The number of unbranched alkanes of at least 4 members (excludes halogenated alkanes) is 3. The maximum absolute atomic E-state index is 11.9. The quantitative estimate of drug-likeness (QED) is 0.330. The third kappa shape index (κ3) is 10.0. The van der Waals surface area contributed by atoms with Crippen LogP contribution in [0.2, 0.25) is 0 Å². The first-order valence-corrected chi connectivity index (χ1v) is 12.2. The topological polar surface area (TPSA) is 76.7 Å². The second-order valence-electron chi connectivity index (χ2n) is 7.56. The van der Waals surface area contributed by atoms with Crippen molar-refractivity contribution in [3.8, 4) is 11.5 Å². The third-order valence-electron chi connectivity index (χ3n) is 4.64. The fraction of sp³-hybridized carbons (Fsp3) is 0.417. The molecule has 174 valence electrons. The van der Waals surface area contributed by atoms with Crippen LogP contribution in [-0.4, -0.2) is 38.1 Å². The number of aryl methyl sites for hydroxylation is 2. The van der Waals surface area contributed by atoms with Gasteiger partial charge in [-0.3, -0.25) is 9.59 Å². The summed E-state index contributed by atoms with van der Waals surface area (Å²) in [6.45, 7) is 5.21. The Morgan fingerprint density at radius 1 is 0.719 bits per heavy atom. The zero-order chi connectivity index (χ0) is 23.3. The van der Waals surface area contributed by atoms with Gasteiger partial charge in [-0.15, -0.1) is 0 Å². The van der Waals surface area contributed by atoms with Crippen LogP contribution in [0.3, 0.4) is 0 Å². The van der Waals surface area contributed by atoms with E-state index >= 15 is 0 Å². The van der Waals surface area contributed by atoms with Crippen molar-refractivity contribution in [3.05, 3.63) is 56.5 Å². The molecule has 0 unspecified atom stereocenters. The summed E-state index contributed by atoms with van der Waals surface area (Å²) in [5.41, 5.74) is 2.24. The number of rotatable bonds is 13. The summed E-state index contributed by atoms with van der Waals surface area (Å²) in [6.07, 6.45) is 3.73. The third-order valence-corrected chi connectivity index (χ3v) is 5.88. The molecule has 0 saturated carbocycles. The Bertz CT molecular complexity index is 832. The average Bonchev–Trinajstić information content (AvgIpc) is 2.74. The van der Waals surface area contributed by atoms with Crippen LogP contribution < -0.4 is 20.1 Å². The van der Waals surface area contributed by atoms with Crippen LogP contribution in [-0.2, 0) is 9.59 Å². The van der Waals surface area contributed by atoms with Crippen LogP contribution >= 0.6 is 31.9 Å². The molecule has 6 nitrogen and oxygen atoms in total. The minimum atomic E-state index is -0.134. The lowest BCUT2D eigenvalue weighted by molar-refractivity contribution is -0.123. The van der Waals surface area contributed by atoms with E-state index in [-0.39, 0.29) is 25.0 Å². The van der Waals surface area contributed by atoms with Crippen molar-refractivity contribution < 1.29 is 19.1 Å². The minimum Gasteiger partial charge on any atom is -0.483 e. The molecule has 32 heavy (non-hydrogen) atoms. The van der Waals surface area contributed by atoms with Gasteiger partial charge in [0.05, 0.1) is 8.95 Å². The molecule has 2 aromatic rings. The van der Waals surface area contributed by atoms with Gasteiger partial charge in [-0.25, -0.2) is 0 Å². The first-order valence-electron chi connectivity index (χ1n) is 10.7. The average molecular weight is 570 g/mol. The smallest absolute Gasteiger partial charge is 0.257 e. The molecule has 0 aliphatic heterocycles. The van der Waals surface area contributed by atoms with Crippen molar-refractivity contribution in [3.63, 3.8) is 0 Å². The Morgan fingerprint density at radius 2 is 1.12 bits per heavy atom. The lowest BCUT2D eigenvalue weighted by Crippen LogP contribution is -2.30. The van der Waals surface area contributed by atoms with Gasteiger partial charge < -0.3 is 20.1 Å². The maximum atomic E-state index is 11.9. The number of benzene rings is 2. The van der Waals surface area contributed by atoms with Gasteiger partial charge in [0.25, 0.3) is 11.8 Å². The van der Waals surface area contributed by atoms with Gasteiger partial charge in [-0.05, 0) is 93.9 Å². The Labute approximate surface area is 206 Å². The molecular weight excluding hydrogens is 540 g/mol. The van der Waals surface area contributed by atoms with E-state index in [0.29, 0.717) is 24.6 Å². The molecule has 0 atom stereocenters. The van der Waals surface area contributed by atoms with Gasteiger partial charge in [0, 0.05) is 13.1 Å². The van der Waals surface area contributed by atoms with E-state index in [4.69, 9.17) is 9.47 Å². The molecule has 2 amide bonds. The van der Waals surface area contributed by atoms with Crippen molar-refractivity contribution in [2.24, 2.45) is 0 Å². The second kappa shape index (κ2) is 14.2. The molecule has 8 heteroatoms. The zero-order valence-electron chi connectivity index (χ0n) is 18.5. The number of hydrogen-bond donors (Lipinski definition) is 2.